The van der Waals surface area contributed by atoms with Crippen LogP contribution in [0, 0.1) is 0 Å². The highest BCUT2D eigenvalue weighted by Crippen LogP contribution is 2.29. The summed E-state index contributed by atoms with van der Waals surface area (Å²) in [6.45, 7) is 0.144. The van der Waals surface area contributed by atoms with E-state index in [1.165, 1.54) is 24.6 Å². The van der Waals surface area contributed by atoms with Crippen molar-refractivity contribution < 1.29 is 23.0 Å². The number of benzene rings is 1. The van der Waals surface area contributed by atoms with Crippen LogP contribution in [0.5, 0.6) is 5.75 Å². The molecule has 0 spiro atoms. The fourth-order valence-corrected chi connectivity index (χ4v) is 3.76. The molecular formula is C12H18BrNO5S. The van der Waals surface area contributed by atoms with E-state index in [1.807, 2.05) is 0 Å². The Morgan fingerprint density at radius 2 is 2.00 bits per heavy atom. The van der Waals surface area contributed by atoms with Crippen molar-refractivity contribution in [1.29, 1.82) is 0 Å². The van der Waals surface area contributed by atoms with Crippen LogP contribution in [0.25, 0.3) is 0 Å². The Labute approximate surface area is 127 Å². The molecule has 114 valence electrons. The van der Waals surface area contributed by atoms with Gasteiger partial charge in [0, 0.05) is 24.7 Å². The molecule has 0 aromatic heterocycles. The maximum atomic E-state index is 12.6. The van der Waals surface area contributed by atoms with E-state index in [9.17, 15) is 8.42 Å². The molecule has 0 saturated carbocycles. The molecular weight excluding hydrogens is 350 g/mol. The summed E-state index contributed by atoms with van der Waals surface area (Å²) in [6.07, 6.45) is 0. The Morgan fingerprint density at radius 1 is 1.30 bits per heavy atom. The van der Waals surface area contributed by atoms with Gasteiger partial charge in [-0.25, -0.2) is 8.42 Å². The van der Waals surface area contributed by atoms with Gasteiger partial charge in [0.25, 0.3) is 0 Å². The quantitative estimate of drug-likeness (QED) is 0.744. The van der Waals surface area contributed by atoms with E-state index in [2.05, 4.69) is 15.9 Å². The van der Waals surface area contributed by atoms with E-state index < -0.39 is 10.0 Å². The van der Waals surface area contributed by atoms with E-state index in [-0.39, 0.29) is 36.9 Å². The zero-order chi connectivity index (χ0) is 15.2. The molecule has 8 heteroatoms. The van der Waals surface area contributed by atoms with Crippen LogP contribution in [0.4, 0.5) is 0 Å². The van der Waals surface area contributed by atoms with Crippen LogP contribution in [-0.2, 0) is 14.8 Å². The summed E-state index contributed by atoms with van der Waals surface area (Å²) in [5, 5.41) is 9.04. The molecule has 0 radical (unpaired) electrons. The van der Waals surface area contributed by atoms with Gasteiger partial charge in [-0.3, -0.25) is 0 Å². The van der Waals surface area contributed by atoms with Gasteiger partial charge in [0.1, 0.15) is 10.6 Å². The number of methoxy groups -OCH3 is 2. The van der Waals surface area contributed by atoms with Crippen molar-refractivity contribution in [2.24, 2.45) is 0 Å². The Morgan fingerprint density at radius 3 is 2.55 bits per heavy atom. The first-order valence-corrected chi connectivity index (χ1v) is 8.14. The maximum Gasteiger partial charge on any atom is 0.246 e. The highest BCUT2D eigenvalue weighted by atomic mass is 79.9. The summed E-state index contributed by atoms with van der Waals surface area (Å²) in [5.74, 6) is 0.258. The largest absolute Gasteiger partial charge is 0.495 e. The minimum atomic E-state index is -3.76. The maximum absolute atomic E-state index is 12.6. The molecule has 0 unspecified atom stereocenters. The van der Waals surface area contributed by atoms with Crippen LogP contribution in [0.2, 0.25) is 0 Å². The van der Waals surface area contributed by atoms with E-state index in [1.54, 1.807) is 12.1 Å². The van der Waals surface area contributed by atoms with Crippen molar-refractivity contribution >= 4 is 26.0 Å². The molecule has 0 heterocycles. The topological polar surface area (TPSA) is 76.1 Å². The van der Waals surface area contributed by atoms with Crippen LogP contribution in [0.1, 0.15) is 0 Å². The Balaban J connectivity index is 3.21. The molecule has 0 saturated heterocycles. The summed E-state index contributed by atoms with van der Waals surface area (Å²) in [7, 11) is -0.862. The molecule has 0 fully saturated rings. The third-order valence-corrected chi connectivity index (χ3v) is 5.05. The van der Waals surface area contributed by atoms with E-state index >= 15 is 0 Å². The van der Waals surface area contributed by atoms with Crippen molar-refractivity contribution in [3.63, 3.8) is 0 Å². The van der Waals surface area contributed by atoms with Crippen LogP contribution in [-0.4, -0.2) is 58.4 Å². The molecule has 20 heavy (non-hydrogen) atoms. The number of aliphatic hydroxyl groups is 1. The van der Waals surface area contributed by atoms with Crippen LogP contribution in [0.15, 0.2) is 27.6 Å². The molecule has 0 aliphatic carbocycles. The van der Waals surface area contributed by atoms with E-state index in [4.69, 9.17) is 14.6 Å². The number of ether oxygens (including phenoxy) is 2. The minimum Gasteiger partial charge on any atom is -0.495 e. The Bertz CT molecular complexity index is 535. The van der Waals surface area contributed by atoms with Crippen molar-refractivity contribution in [3.8, 4) is 5.75 Å². The lowest BCUT2D eigenvalue weighted by Crippen LogP contribution is -2.36. The van der Waals surface area contributed by atoms with Gasteiger partial charge in [0.15, 0.2) is 0 Å². The number of hydrogen-bond donors (Lipinski definition) is 1. The third-order valence-electron chi connectivity index (χ3n) is 2.64. The Kier molecular flexibility index (Phi) is 6.90. The second-order valence-corrected chi connectivity index (χ2v) is 6.74. The summed E-state index contributed by atoms with van der Waals surface area (Å²) in [5.41, 5.74) is 0. The summed E-state index contributed by atoms with van der Waals surface area (Å²) >= 11 is 3.25. The zero-order valence-corrected chi connectivity index (χ0v) is 13.8. The average Bonchev–Trinajstić information content (AvgIpc) is 2.43. The first kappa shape index (κ1) is 17.4. The highest BCUT2D eigenvalue weighted by Gasteiger charge is 2.27. The second-order valence-electron chi connectivity index (χ2n) is 3.92. The van der Waals surface area contributed by atoms with Gasteiger partial charge in [0.2, 0.25) is 10.0 Å². The van der Waals surface area contributed by atoms with Gasteiger partial charge in [-0.15, -0.1) is 0 Å². The molecule has 1 aromatic carbocycles. The molecule has 1 N–H and O–H groups in total. The van der Waals surface area contributed by atoms with Crippen molar-refractivity contribution in [1.82, 2.24) is 4.31 Å². The fourth-order valence-electron chi connectivity index (χ4n) is 1.65. The summed E-state index contributed by atoms with van der Waals surface area (Å²) < 4.78 is 37.0. The molecule has 0 bridgehead atoms. The van der Waals surface area contributed by atoms with Crippen LogP contribution >= 0.6 is 15.9 Å². The molecule has 0 amide bonds. The Hall–Kier alpha value is -0.670. The molecule has 1 aromatic rings. The number of halogens is 1. The number of aliphatic hydroxyl groups excluding tert-OH is 1. The summed E-state index contributed by atoms with van der Waals surface area (Å²) in [6, 6.07) is 4.75. The molecule has 6 nitrogen and oxygen atoms in total. The number of sulfonamides is 1. The lowest BCUT2D eigenvalue weighted by molar-refractivity contribution is 0.168. The number of nitrogens with zero attached hydrogens (tertiary/aromatic N) is 1. The average molecular weight is 368 g/mol. The lowest BCUT2D eigenvalue weighted by atomic mass is 10.3. The standard InChI is InChI=1S/C12H18BrNO5S/c1-18-8-6-14(5-7-15)20(16,17)12-9-10(13)3-4-11(12)19-2/h3-4,9,15H,5-8H2,1-2H3. The fraction of sp³-hybridized carbons (Fsp3) is 0.500. The smallest absolute Gasteiger partial charge is 0.246 e. The van der Waals surface area contributed by atoms with Gasteiger partial charge in [-0.05, 0) is 18.2 Å². The number of rotatable bonds is 8. The zero-order valence-electron chi connectivity index (χ0n) is 11.4. The van der Waals surface area contributed by atoms with Gasteiger partial charge in [-0.2, -0.15) is 4.31 Å². The van der Waals surface area contributed by atoms with E-state index in [0.29, 0.717) is 4.47 Å². The van der Waals surface area contributed by atoms with Crippen LogP contribution in [0.3, 0.4) is 0 Å². The van der Waals surface area contributed by atoms with Gasteiger partial charge in [-0.1, -0.05) is 15.9 Å². The molecule has 0 aliphatic rings. The van der Waals surface area contributed by atoms with Crippen molar-refractivity contribution in [2.45, 2.75) is 4.90 Å². The second kappa shape index (κ2) is 7.94. The first-order chi connectivity index (χ1) is 9.47. The monoisotopic (exact) mass is 367 g/mol. The highest BCUT2D eigenvalue weighted by molar-refractivity contribution is 9.10. The molecule has 0 aliphatic heterocycles. The normalized spacial score (nSPS) is 11.8. The van der Waals surface area contributed by atoms with Gasteiger partial charge in [0.05, 0.1) is 20.3 Å². The lowest BCUT2D eigenvalue weighted by Gasteiger charge is -2.22. The number of hydrogen-bond acceptors (Lipinski definition) is 5. The van der Waals surface area contributed by atoms with Gasteiger partial charge < -0.3 is 14.6 Å². The van der Waals surface area contributed by atoms with E-state index in [0.717, 1.165) is 0 Å². The van der Waals surface area contributed by atoms with Gasteiger partial charge >= 0.3 is 0 Å². The van der Waals surface area contributed by atoms with Crippen LogP contribution < -0.4 is 4.74 Å². The first-order valence-electron chi connectivity index (χ1n) is 5.91. The summed E-state index contributed by atoms with van der Waals surface area (Å²) in [4.78, 5) is 0.0546. The third kappa shape index (κ3) is 4.16. The van der Waals surface area contributed by atoms with Crippen molar-refractivity contribution in [3.05, 3.63) is 22.7 Å². The molecule has 1 rings (SSSR count). The minimum absolute atomic E-state index is 0.00135. The SMILES string of the molecule is COCCN(CCO)S(=O)(=O)c1cc(Br)ccc1OC. The van der Waals surface area contributed by atoms with Crippen molar-refractivity contribution in [2.75, 3.05) is 40.5 Å². The predicted octanol–water partition coefficient (Wildman–Crippen LogP) is 1.09. The predicted molar refractivity (Wildman–Crippen MR) is 78.4 cm³/mol. The molecule has 0 atom stereocenters.